The average Bonchev–Trinajstić information content (AvgIpc) is 2.54. The topological polar surface area (TPSA) is 64.7 Å². The van der Waals surface area contributed by atoms with Crippen molar-refractivity contribution in [3.63, 3.8) is 0 Å². The van der Waals surface area contributed by atoms with Gasteiger partial charge in [0.2, 0.25) is 11.7 Å². The van der Waals surface area contributed by atoms with Crippen LogP contribution in [0, 0.1) is 5.92 Å². The van der Waals surface area contributed by atoms with Crippen molar-refractivity contribution in [2.45, 2.75) is 57.2 Å². The number of rotatable bonds is 4. The minimum atomic E-state index is -0.931. The second-order valence-corrected chi connectivity index (χ2v) is 6.97. The lowest BCUT2D eigenvalue weighted by atomic mass is 9.73. The lowest BCUT2D eigenvalue weighted by Crippen LogP contribution is -2.55. The van der Waals surface area contributed by atoms with Gasteiger partial charge in [-0.25, -0.2) is 4.99 Å². The van der Waals surface area contributed by atoms with Gasteiger partial charge in [0.1, 0.15) is 0 Å². The van der Waals surface area contributed by atoms with Crippen LogP contribution in [0.15, 0.2) is 29.3 Å². The zero-order valence-corrected chi connectivity index (χ0v) is 14.3. The summed E-state index contributed by atoms with van der Waals surface area (Å²) < 4.78 is 5.87. The second-order valence-electron chi connectivity index (χ2n) is 6.56. The molecular formula is C18H23ClN2O2. The van der Waals surface area contributed by atoms with E-state index in [0.717, 1.165) is 24.8 Å². The van der Waals surface area contributed by atoms with Crippen molar-refractivity contribution in [3.05, 3.63) is 34.9 Å². The van der Waals surface area contributed by atoms with Crippen molar-refractivity contribution >= 4 is 23.3 Å². The minimum absolute atomic E-state index is 0.0111. The Morgan fingerprint density at radius 1 is 1.48 bits per heavy atom. The van der Waals surface area contributed by atoms with Crippen molar-refractivity contribution in [2.75, 3.05) is 0 Å². The van der Waals surface area contributed by atoms with Crippen LogP contribution in [-0.2, 0) is 15.1 Å². The van der Waals surface area contributed by atoms with E-state index in [2.05, 4.69) is 13.8 Å². The summed E-state index contributed by atoms with van der Waals surface area (Å²) >= 11 is 6.39. The molecular weight excluding hydrogens is 312 g/mol. The first-order valence-electron chi connectivity index (χ1n) is 8.31. The second kappa shape index (κ2) is 6.25. The molecule has 0 aromatic heterocycles. The lowest BCUT2D eigenvalue weighted by molar-refractivity contribution is -0.137. The Morgan fingerprint density at radius 3 is 2.91 bits per heavy atom. The van der Waals surface area contributed by atoms with Crippen molar-refractivity contribution < 1.29 is 9.53 Å². The lowest BCUT2D eigenvalue weighted by Gasteiger charge is -2.42. The Hall–Kier alpha value is -1.39. The highest BCUT2D eigenvalue weighted by molar-refractivity contribution is 6.32. The predicted molar refractivity (Wildman–Crippen MR) is 91.7 cm³/mol. The van der Waals surface area contributed by atoms with Gasteiger partial charge in [-0.05, 0) is 31.2 Å². The molecule has 1 aromatic carbocycles. The largest absolute Gasteiger partial charge is 0.468 e. The van der Waals surface area contributed by atoms with Gasteiger partial charge in [0.05, 0.1) is 6.04 Å². The van der Waals surface area contributed by atoms with Crippen LogP contribution in [-0.4, -0.2) is 23.8 Å². The molecule has 1 saturated carbocycles. The monoisotopic (exact) mass is 334 g/mol. The molecule has 0 amide bonds. The van der Waals surface area contributed by atoms with E-state index >= 15 is 0 Å². The normalized spacial score (nSPS) is 29.5. The highest BCUT2D eigenvalue weighted by atomic mass is 35.5. The summed E-state index contributed by atoms with van der Waals surface area (Å²) in [5.74, 6) is 0.756. The molecule has 1 aromatic rings. The highest BCUT2D eigenvalue weighted by Crippen LogP contribution is 2.44. The molecule has 0 spiro atoms. The summed E-state index contributed by atoms with van der Waals surface area (Å²) in [7, 11) is 0. The molecule has 5 heteroatoms. The molecule has 4 nitrogen and oxygen atoms in total. The van der Waals surface area contributed by atoms with Crippen LogP contribution in [0.5, 0.6) is 0 Å². The third kappa shape index (κ3) is 2.68. The number of aliphatic imine (C=N–C) groups is 1. The summed E-state index contributed by atoms with van der Waals surface area (Å²) in [6.07, 6.45) is 2.74. The summed E-state index contributed by atoms with van der Waals surface area (Å²) in [6.45, 7) is 4.16. The van der Waals surface area contributed by atoms with E-state index in [9.17, 15) is 4.79 Å². The van der Waals surface area contributed by atoms with Gasteiger partial charge >= 0.3 is 0 Å². The first-order valence-corrected chi connectivity index (χ1v) is 8.68. The fraction of sp³-hybridized carbons (Fsp3) is 0.556. The third-order valence-electron chi connectivity index (χ3n) is 5.13. The van der Waals surface area contributed by atoms with E-state index < -0.39 is 11.6 Å². The summed E-state index contributed by atoms with van der Waals surface area (Å²) in [6, 6.07) is 7.16. The molecule has 2 aliphatic rings. The molecule has 4 atom stereocenters. The predicted octanol–water partition coefficient (Wildman–Crippen LogP) is 3.46. The molecule has 124 valence electrons. The molecule has 1 aliphatic carbocycles. The number of nitrogens with zero attached hydrogens (tertiary/aromatic N) is 1. The Balaban J connectivity index is 2.11. The van der Waals surface area contributed by atoms with E-state index in [1.807, 2.05) is 24.3 Å². The molecule has 1 aliphatic heterocycles. The Labute approximate surface area is 142 Å². The number of carbonyl (C=O) groups is 1. The maximum absolute atomic E-state index is 13.0. The first kappa shape index (κ1) is 16.5. The number of fused-ring (bicyclic) bond motifs is 2. The molecule has 3 rings (SSSR count). The van der Waals surface area contributed by atoms with Gasteiger partial charge < -0.3 is 10.5 Å². The molecule has 1 fully saturated rings. The Kier molecular flexibility index (Phi) is 4.47. The van der Waals surface area contributed by atoms with Gasteiger partial charge in [-0.1, -0.05) is 50.1 Å². The van der Waals surface area contributed by atoms with Crippen LogP contribution >= 0.6 is 11.6 Å². The molecule has 2 N–H and O–H groups in total. The number of benzene rings is 1. The molecule has 1 heterocycles. The van der Waals surface area contributed by atoms with Crippen LogP contribution in [0.4, 0.5) is 0 Å². The number of ether oxygens (including phenoxy) is 1. The van der Waals surface area contributed by atoms with Crippen LogP contribution in [0.3, 0.4) is 0 Å². The van der Waals surface area contributed by atoms with E-state index in [0.29, 0.717) is 17.3 Å². The maximum atomic E-state index is 13.0. The summed E-state index contributed by atoms with van der Waals surface area (Å²) in [5, 5.41) is 0.573. The fourth-order valence-corrected chi connectivity index (χ4v) is 3.71. The minimum Gasteiger partial charge on any atom is -0.468 e. The molecule has 23 heavy (non-hydrogen) atoms. The standard InChI is InChI=1S/C18H23ClN2O2/c1-3-11(2)15(20)17-21-18(12-7-4-5-8-13(12)19)10-6-9-14(23-17)16(18)22/h4-5,7-8,11,14-15H,3,6,9-10,20H2,1-2H3/t11-,14?,15?,18?/m1/s1. The van der Waals surface area contributed by atoms with Crippen molar-refractivity contribution in [1.82, 2.24) is 0 Å². The highest BCUT2D eigenvalue weighted by Gasteiger charge is 2.52. The quantitative estimate of drug-likeness (QED) is 0.917. The number of hydrogen-bond donors (Lipinski definition) is 1. The summed E-state index contributed by atoms with van der Waals surface area (Å²) in [4.78, 5) is 17.7. The number of carbonyl (C=O) groups excluding carboxylic acids is 1. The molecule has 3 unspecified atom stereocenters. The van der Waals surface area contributed by atoms with Crippen LogP contribution in [0.25, 0.3) is 0 Å². The number of ketones is 1. The van der Waals surface area contributed by atoms with Crippen LogP contribution < -0.4 is 5.73 Å². The number of halogens is 1. The van der Waals surface area contributed by atoms with Gasteiger partial charge in [0, 0.05) is 10.6 Å². The molecule has 2 bridgehead atoms. The number of Topliss-reactive ketones (excluding diaryl/α,β-unsaturated/α-hetero) is 1. The first-order chi connectivity index (χ1) is 11.0. The van der Waals surface area contributed by atoms with E-state index in [4.69, 9.17) is 27.1 Å². The van der Waals surface area contributed by atoms with Gasteiger partial charge in [-0.2, -0.15) is 0 Å². The van der Waals surface area contributed by atoms with Crippen molar-refractivity contribution in [3.8, 4) is 0 Å². The van der Waals surface area contributed by atoms with Gasteiger partial charge in [0.25, 0.3) is 0 Å². The zero-order chi connectivity index (χ0) is 16.6. The SMILES string of the molecule is CC[C@@H](C)C(N)C1=NC2(c3ccccc3Cl)CCCC(O1)C2=O. The fourth-order valence-electron chi connectivity index (χ4n) is 3.42. The Morgan fingerprint density at radius 2 is 2.22 bits per heavy atom. The Bertz CT molecular complexity index is 646. The van der Waals surface area contributed by atoms with E-state index in [1.54, 1.807) is 0 Å². The molecule has 0 saturated heterocycles. The van der Waals surface area contributed by atoms with Crippen LogP contribution in [0.1, 0.15) is 45.1 Å². The van der Waals surface area contributed by atoms with E-state index in [-0.39, 0.29) is 17.7 Å². The maximum Gasteiger partial charge on any atom is 0.205 e. The number of nitrogens with two attached hydrogens (primary N) is 1. The smallest absolute Gasteiger partial charge is 0.205 e. The van der Waals surface area contributed by atoms with Gasteiger partial charge in [-0.3, -0.25) is 4.79 Å². The number of hydrogen-bond acceptors (Lipinski definition) is 4. The van der Waals surface area contributed by atoms with E-state index in [1.165, 1.54) is 0 Å². The molecule has 0 radical (unpaired) electrons. The van der Waals surface area contributed by atoms with Gasteiger partial charge in [-0.15, -0.1) is 0 Å². The van der Waals surface area contributed by atoms with Gasteiger partial charge in [0.15, 0.2) is 11.6 Å². The van der Waals surface area contributed by atoms with Crippen molar-refractivity contribution in [1.29, 1.82) is 0 Å². The summed E-state index contributed by atoms with van der Waals surface area (Å²) in [5.41, 5.74) is 6.17. The third-order valence-corrected chi connectivity index (χ3v) is 5.46. The average molecular weight is 335 g/mol. The van der Waals surface area contributed by atoms with Crippen molar-refractivity contribution in [2.24, 2.45) is 16.6 Å². The zero-order valence-electron chi connectivity index (χ0n) is 13.6. The van der Waals surface area contributed by atoms with Crippen LogP contribution in [0.2, 0.25) is 5.02 Å².